The highest BCUT2D eigenvalue weighted by atomic mass is 14.8. The number of nitrogens with zero attached hydrogens (tertiary/aromatic N) is 8. The third kappa shape index (κ3) is 10.6. The summed E-state index contributed by atoms with van der Waals surface area (Å²) in [7, 11) is 0. The van der Waals surface area contributed by atoms with Gasteiger partial charge in [-0.05, 0) is 59.2 Å². The van der Waals surface area contributed by atoms with Gasteiger partial charge in [-0.3, -0.25) is 9.97 Å². The van der Waals surface area contributed by atoms with Gasteiger partial charge in [0.1, 0.15) is 19.0 Å². The minimum atomic E-state index is 0.979. The van der Waals surface area contributed by atoms with E-state index in [4.69, 9.17) is 0 Å². The Bertz CT molecular complexity index is 3250. The molecule has 0 bridgehead atoms. The molecule has 0 N–H and O–H groups in total. The van der Waals surface area contributed by atoms with E-state index in [1.807, 2.05) is 86.1 Å². The van der Waals surface area contributed by atoms with Crippen molar-refractivity contribution in [3.8, 4) is 0 Å². The lowest BCUT2D eigenvalue weighted by Crippen LogP contribution is -1.87. The van der Waals surface area contributed by atoms with Crippen LogP contribution < -0.4 is 0 Å². The minimum Gasteiger partial charge on any atom is -0.252 e. The normalized spacial score (nSPS) is 10.5. The zero-order valence-electron chi connectivity index (χ0n) is 46.7. The third-order valence-electron chi connectivity index (χ3n) is 13.6. The molecule has 392 valence electrons. The first-order valence-electron chi connectivity index (χ1n) is 27.8. The topological polar surface area (TPSA) is 103 Å². The predicted octanol–water partition coefficient (Wildman–Crippen LogP) is 19.8. The molecule has 16 rings (SSSR count). The smallest absolute Gasteiger partial charge is 0.116 e. The maximum absolute atomic E-state index is 4.50. The average molecular weight is 1040 g/mol. The van der Waals surface area contributed by atoms with Gasteiger partial charge in [-0.2, -0.15) is 0 Å². The molecule has 4 heterocycles. The number of rotatable bonds is 0. The standard InChI is InChI=1S/4C16H10N2.4C2H6/c1-3-7-13-11(5-1)12-6-2-4-8-14(12)16-15(13)17-9-10-18-16;3*1-2-7-13-11(5-1)12-6-3-4-8-14(12)16-15(13)9-17-10-18-16;4*1-2/h4*1-10H;4*1-2H3. The molecule has 80 heavy (non-hydrogen) atoms. The molecule has 0 saturated heterocycles. The summed E-state index contributed by atoms with van der Waals surface area (Å²) >= 11 is 0. The van der Waals surface area contributed by atoms with Crippen LogP contribution in [0.1, 0.15) is 55.4 Å². The van der Waals surface area contributed by atoms with Crippen molar-refractivity contribution in [2.45, 2.75) is 55.4 Å². The van der Waals surface area contributed by atoms with Crippen LogP contribution >= 0.6 is 0 Å². The van der Waals surface area contributed by atoms with Gasteiger partial charge in [-0.15, -0.1) is 0 Å². The van der Waals surface area contributed by atoms with Crippen molar-refractivity contribution in [1.82, 2.24) is 39.9 Å². The lowest BCUT2D eigenvalue weighted by molar-refractivity contribution is 1.23. The molecule has 0 aliphatic carbocycles. The molecule has 0 aliphatic heterocycles. The molecule has 16 aromatic rings. The first-order chi connectivity index (χ1) is 39.8. The second kappa shape index (κ2) is 26.4. The second-order valence-corrected chi connectivity index (χ2v) is 17.5. The second-order valence-electron chi connectivity index (χ2n) is 17.5. The molecule has 0 amide bonds. The molecule has 12 aromatic carbocycles. The van der Waals surface area contributed by atoms with E-state index in [1.54, 1.807) is 31.4 Å². The number of benzene rings is 12. The molecule has 8 heteroatoms. The minimum absolute atomic E-state index is 0.979. The Labute approximate surface area is 467 Å². The molecule has 0 unspecified atom stereocenters. The van der Waals surface area contributed by atoms with Gasteiger partial charge in [0.15, 0.2) is 0 Å². The highest BCUT2D eigenvalue weighted by Gasteiger charge is 2.12. The van der Waals surface area contributed by atoms with Crippen LogP contribution in [0.3, 0.4) is 0 Å². The van der Waals surface area contributed by atoms with Crippen molar-refractivity contribution in [3.05, 3.63) is 244 Å². The van der Waals surface area contributed by atoms with E-state index in [-0.39, 0.29) is 0 Å². The summed E-state index contributed by atoms with van der Waals surface area (Å²) < 4.78 is 0. The zero-order chi connectivity index (χ0) is 55.8. The monoisotopic (exact) mass is 1040 g/mol. The predicted molar refractivity (Wildman–Crippen MR) is 344 cm³/mol. The van der Waals surface area contributed by atoms with Crippen LogP contribution in [0.25, 0.3) is 130 Å². The molecule has 0 atom stereocenters. The first kappa shape index (κ1) is 54.9. The van der Waals surface area contributed by atoms with Crippen LogP contribution in [0.5, 0.6) is 0 Å². The molecule has 0 radical (unpaired) electrons. The first-order valence-corrected chi connectivity index (χ1v) is 27.8. The highest BCUT2D eigenvalue weighted by molar-refractivity contribution is 6.26. The van der Waals surface area contributed by atoms with E-state index in [0.29, 0.717) is 0 Å². The number of hydrogen-bond donors (Lipinski definition) is 0. The van der Waals surface area contributed by atoms with Crippen LogP contribution in [0.15, 0.2) is 244 Å². The van der Waals surface area contributed by atoms with E-state index in [9.17, 15) is 0 Å². The van der Waals surface area contributed by atoms with Crippen molar-refractivity contribution in [2.75, 3.05) is 0 Å². The van der Waals surface area contributed by atoms with Crippen molar-refractivity contribution >= 4 is 130 Å². The summed E-state index contributed by atoms with van der Waals surface area (Å²) in [5.41, 5.74) is 5.04. The fourth-order valence-electron chi connectivity index (χ4n) is 10.4. The number of fused-ring (bicyclic) bond motifs is 24. The van der Waals surface area contributed by atoms with E-state index in [0.717, 1.165) is 43.7 Å². The maximum atomic E-state index is 4.50. The number of hydrogen-bond acceptors (Lipinski definition) is 8. The Hall–Kier alpha value is -9.92. The van der Waals surface area contributed by atoms with Crippen molar-refractivity contribution < 1.29 is 0 Å². The molecule has 4 aromatic heterocycles. The van der Waals surface area contributed by atoms with Gasteiger partial charge in [0, 0.05) is 74.1 Å². The fourth-order valence-corrected chi connectivity index (χ4v) is 10.4. The molecule has 8 nitrogen and oxygen atoms in total. The van der Waals surface area contributed by atoms with Gasteiger partial charge in [0.25, 0.3) is 0 Å². The number of aromatic nitrogens is 8. The van der Waals surface area contributed by atoms with Gasteiger partial charge in [-0.1, -0.05) is 250 Å². The molecule has 0 fully saturated rings. The van der Waals surface area contributed by atoms with Crippen molar-refractivity contribution in [1.29, 1.82) is 0 Å². The summed E-state index contributed by atoms with van der Waals surface area (Å²) in [6.07, 6.45) is 14.1. The summed E-state index contributed by atoms with van der Waals surface area (Å²) in [5, 5.41) is 22.9. The van der Waals surface area contributed by atoms with E-state index >= 15 is 0 Å². The van der Waals surface area contributed by atoms with Crippen LogP contribution in [0.4, 0.5) is 0 Å². The quantitative estimate of drug-likeness (QED) is 0.138. The average Bonchev–Trinajstić information content (AvgIpc) is 3.67. The van der Waals surface area contributed by atoms with E-state index in [1.165, 1.54) is 86.2 Å². The summed E-state index contributed by atoms with van der Waals surface area (Å²) in [4.78, 5) is 34.8. The third-order valence-corrected chi connectivity index (χ3v) is 13.6. The summed E-state index contributed by atoms with van der Waals surface area (Å²) in [5.74, 6) is 0. The molecular weight excluding hydrogens is 977 g/mol. The lowest BCUT2D eigenvalue weighted by atomic mass is 9.98. The molecule has 0 aliphatic rings. The Kier molecular flexibility index (Phi) is 18.1. The summed E-state index contributed by atoms with van der Waals surface area (Å²) in [6, 6.07) is 67.2. The van der Waals surface area contributed by atoms with Gasteiger partial charge in [0.05, 0.1) is 27.6 Å². The highest BCUT2D eigenvalue weighted by Crippen LogP contribution is 2.36. The Balaban J connectivity index is 0.000000124. The lowest BCUT2D eigenvalue weighted by Gasteiger charge is -2.08. The van der Waals surface area contributed by atoms with Gasteiger partial charge in [0.2, 0.25) is 0 Å². The van der Waals surface area contributed by atoms with Crippen LogP contribution in [-0.2, 0) is 0 Å². The van der Waals surface area contributed by atoms with Gasteiger partial charge < -0.3 is 0 Å². The SMILES string of the molecule is CC.CC.CC.CC.c1ccc2c(c1)c1ccccc1c1nccnc21.c1ccc2c(c1)c1ccccc1c1ncncc21.c1ccc2c(c1)c1ccccc1c1ncncc21.c1ccc2c(c1)c1ccccc1c1ncncc21. The largest absolute Gasteiger partial charge is 0.252 e. The van der Waals surface area contributed by atoms with Crippen molar-refractivity contribution in [2.24, 2.45) is 0 Å². The molecule has 0 saturated carbocycles. The van der Waals surface area contributed by atoms with Crippen LogP contribution in [0, 0.1) is 0 Å². The van der Waals surface area contributed by atoms with Crippen LogP contribution in [0.2, 0.25) is 0 Å². The maximum Gasteiger partial charge on any atom is 0.116 e. The summed E-state index contributed by atoms with van der Waals surface area (Å²) in [6.45, 7) is 16.0. The van der Waals surface area contributed by atoms with Gasteiger partial charge >= 0.3 is 0 Å². The van der Waals surface area contributed by atoms with E-state index in [2.05, 4.69) is 222 Å². The fraction of sp³-hybridized carbons (Fsp3) is 0.111. The Morgan fingerprint density at radius 3 is 0.550 bits per heavy atom. The molecular formula is C72H64N8. The zero-order valence-corrected chi connectivity index (χ0v) is 46.7. The molecule has 0 spiro atoms. The Morgan fingerprint density at radius 1 is 0.175 bits per heavy atom. The van der Waals surface area contributed by atoms with Crippen LogP contribution in [-0.4, -0.2) is 39.9 Å². The van der Waals surface area contributed by atoms with Gasteiger partial charge in [-0.25, -0.2) is 29.9 Å². The van der Waals surface area contributed by atoms with Crippen molar-refractivity contribution in [3.63, 3.8) is 0 Å². The Morgan fingerprint density at radius 2 is 0.338 bits per heavy atom. The van der Waals surface area contributed by atoms with E-state index < -0.39 is 0 Å².